The van der Waals surface area contributed by atoms with Crippen molar-refractivity contribution in [1.82, 2.24) is 0 Å². The zero-order valence-corrected chi connectivity index (χ0v) is 19.1. The molecule has 1 aromatic heterocycles. The van der Waals surface area contributed by atoms with Gasteiger partial charge in [-0.1, -0.05) is 29.8 Å². The van der Waals surface area contributed by atoms with Gasteiger partial charge in [0, 0.05) is 29.5 Å². The second-order valence-corrected chi connectivity index (χ2v) is 8.07. The summed E-state index contributed by atoms with van der Waals surface area (Å²) < 4.78 is 10.8. The van der Waals surface area contributed by atoms with Crippen molar-refractivity contribution < 1.29 is 24.0 Å². The average molecular weight is 469 g/mol. The van der Waals surface area contributed by atoms with Gasteiger partial charge in [0.1, 0.15) is 16.3 Å². The summed E-state index contributed by atoms with van der Waals surface area (Å²) in [4.78, 5) is 35.8. The average Bonchev–Trinajstić information content (AvgIpc) is 3.21. The van der Waals surface area contributed by atoms with Gasteiger partial charge in [0.2, 0.25) is 5.91 Å². The number of nitrogens with zero attached hydrogens (tertiary/aromatic N) is 1. The highest BCUT2D eigenvalue weighted by molar-refractivity contribution is 7.15. The molecule has 0 atom stereocenters. The minimum Gasteiger partial charge on any atom is -0.494 e. The molecule has 33 heavy (non-hydrogen) atoms. The van der Waals surface area contributed by atoms with Crippen molar-refractivity contribution in [3.8, 4) is 16.9 Å². The molecule has 0 aliphatic rings. The van der Waals surface area contributed by atoms with Crippen molar-refractivity contribution >= 4 is 33.9 Å². The van der Waals surface area contributed by atoms with Gasteiger partial charge in [-0.05, 0) is 38.0 Å². The number of esters is 1. The standard InChI is InChI=1S/C24H24N2O6S/c1-3-31-24(28)22-20(17-6-4-7-18(14-17)26(29)30)15-33-23(22)25-21(27)8-5-13-32-19-11-9-16(2)10-12-19/h4,6-7,9-12,14-15H,3,5,8,13H2,1-2H3,(H,25,27). The van der Waals surface area contributed by atoms with Crippen molar-refractivity contribution in [1.29, 1.82) is 0 Å². The van der Waals surface area contributed by atoms with Crippen LogP contribution in [0.25, 0.3) is 11.1 Å². The van der Waals surface area contributed by atoms with Gasteiger partial charge in [0.05, 0.1) is 18.1 Å². The summed E-state index contributed by atoms with van der Waals surface area (Å²) in [6, 6.07) is 13.6. The Morgan fingerprint density at radius 3 is 2.61 bits per heavy atom. The number of carbonyl (C=O) groups is 2. The molecule has 2 aromatic carbocycles. The van der Waals surface area contributed by atoms with E-state index in [2.05, 4.69) is 5.32 Å². The summed E-state index contributed by atoms with van der Waals surface area (Å²) in [6.07, 6.45) is 0.704. The van der Waals surface area contributed by atoms with Gasteiger partial charge in [0.15, 0.2) is 0 Å². The molecule has 0 unspecified atom stereocenters. The first kappa shape index (κ1) is 23.9. The highest BCUT2D eigenvalue weighted by Crippen LogP contribution is 2.37. The number of carbonyl (C=O) groups excluding carboxylic acids is 2. The van der Waals surface area contributed by atoms with Crippen LogP contribution in [0.3, 0.4) is 0 Å². The van der Waals surface area contributed by atoms with E-state index >= 15 is 0 Å². The van der Waals surface area contributed by atoms with Crippen LogP contribution in [0.5, 0.6) is 5.75 Å². The number of benzene rings is 2. The molecule has 0 aliphatic carbocycles. The Hall–Kier alpha value is -3.72. The van der Waals surface area contributed by atoms with E-state index in [4.69, 9.17) is 9.47 Å². The molecule has 0 radical (unpaired) electrons. The highest BCUT2D eigenvalue weighted by atomic mass is 32.1. The number of nitro groups is 1. The zero-order valence-electron chi connectivity index (χ0n) is 18.3. The first-order chi connectivity index (χ1) is 15.9. The monoisotopic (exact) mass is 468 g/mol. The Morgan fingerprint density at radius 1 is 1.15 bits per heavy atom. The first-order valence-corrected chi connectivity index (χ1v) is 11.3. The van der Waals surface area contributed by atoms with Crippen LogP contribution in [-0.4, -0.2) is 30.0 Å². The Labute approximate surface area is 195 Å². The second-order valence-electron chi connectivity index (χ2n) is 7.19. The molecule has 0 fully saturated rings. The van der Waals surface area contributed by atoms with Crippen molar-refractivity contribution in [3.05, 3.63) is 75.2 Å². The second kappa shape index (κ2) is 11.2. The van der Waals surface area contributed by atoms with Gasteiger partial charge >= 0.3 is 5.97 Å². The molecule has 0 aliphatic heterocycles. The smallest absolute Gasteiger partial charge is 0.341 e. The van der Waals surface area contributed by atoms with E-state index in [-0.39, 0.29) is 30.2 Å². The quantitative estimate of drug-likeness (QED) is 0.179. The molecule has 1 N–H and O–H groups in total. The predicted molar refractivity (Wildman–Crippen MR) is 127 cm³/mol. The molecule has 3 rings (SSSR count). The first-order valence-electron chi connectivity index (χ1n) is 10.4. The largest absolute Gasteiger partial charge is 0.494 e. The van der Waals surface area contributed by atoms with E-state index in [1.54, 1.807) is 24.4 Å². The fourth-order valence-electron chi connectivity index (χ4n) is 3.10. The third kappa shape index (κ3) is 6.39. The van der Waals surface area contributed by atoms with Crippen LogP contribution in [0.15, 0.2) is 53.9 Å². The van der Waals surface area contributed by atoms with Crippen molar-refractivity contribution in [3.63, 3.8) is 0 Å². The lowest BCUT2D eigenvalue weighted by molar-refractivity contribution is -0.384. The number of non-ortho nitro benzene ring substituents is 1. The van der Waals surface area contributed by atoms with E-state index in [1.165, 1.54) is 23.5 Å². The molecule has 0 saturated heterocycles. The summed E-state index contributed by atoms with van der Waals surface area (Å²) >= 11 is 1.17. The van der Waals surface area contributed by atoms with E-state index in [1.807, 2.05) is 31.2 Å². The fraction of sp³-hybridized carbons (Fsp3) is 0.250. The Kier molecular flexibility index (Phi) is 8.15. The van der Waals surface area contributed by atoms with Crippen LogP contribution in [-0.2, 0) is 9.53 Å². The number of anilines is 1. The molecular formula is C24H24N2O6S. The van der Waals surface area contributed by atoms with E-state index in [0.29, 0.717) is 29.2 Å². The summed E-state index contributed by atoms with van der Waals surface area (Å²) in [5.41, 5.74) is 2.20. The van der Waals surface area contributed by atoms with Crippen molar-refractivity contribution in [2.45, 2.75) is 26.7 Å². The van der Waals surface area contributed by atoms with E-state index < -0.39 is 10.9 Å². The molecule has 9 heteroatoms. The van der Waals surface area contributed by atoms with Crippen LogP contribution in [0, 0.1) is 17.0 Å². The Morgan fingerprint density at radius 2 is 1.91 bits per heavy atom. The minimum atomic E-state index is -0.599. The highest BCUT2D eigenvalue weighted by Gasteiger charge is 2.23. The molecule has 0 saturated carbocycles. The fourth-order valence-corrected chi connectivity index (χ4v) is 4.08. The number of thiophene rings is 1. The van der Waals surface area contributed by atoms with Crippen LogP contribution >= 0.6 is 11.3 Å². The number of ether oxygens (including phenoxy) is 2. The number of amides is 1. The molecule has 0 spiro atoms. The van der Waals surface area contributed by atoms with Crippen LogP contribution in [0.4, 0.5) is 10.7 Å². The molecule has 3 aromatic rings. The maximum Gasteiger partial charge on any atom is 0.341 e. The lowest BCUT2D eigenvalue weighted by atomic mass is 10.0. The molecular weight excluding hydrogens is 444 g/mol. The molecule has 1 amide bonds. The Bertz CT molecular complexity index is 1140. The van der Waals surface area contributed by atoms with Gasteiger partial charge in [-0.15, -0.1) is 11.3 Å². The van der Waals surface area contributed by atoms with E-state index in [0.717, 1.165) is 11.3 Å². The van der Waals surface area contributed by atoms with Crippen molar-refractivity contribution in [2.24, 2.45) is 0 Å². The van der Waals surface area contributed by atoms with Gasteiger partial charge < -0.3 is 14.8 Å². The third-order valence-electron chi connectivity index (χ3n) is 4.73. The van der Waals surface area contributed by atoms with E-state index in [9.17, 15) is 19.7 Å². The van der Waals surface area contributed by atoms with Crippen LogP contribution in [0.2, 0.25) is 0 Å². The SMILES string of the molecule is CCOC(=O)c1c(-c2cccc([N+](=O)[O-])c2)csc1NC(=O)CCCOc1ccc(C)cc1. The summed E-state index contributed by atoms with van der Waals surface area (Å²) in [6.45, 7) is 4.22. The van der Waals surface area contributed by atoms with Crippen molar-refractivity contribution in [2.75, 3.05) is 18.5 Å². The normalized spacial score (nSPS) is 10.5. The maximum atomic E-state index is 12.6. The van der Waals surface area contributed by atoms with Gasteiger partial charge in [-0.3, -0.25) is 14.9 Å². The molecule has 0 bridgehead atoms. The van der Waals surface area contributed by atoms with Crippen LogP contribution < -0.4 is 10.1 Å². The maximum absolute atomic E-state index is 12.6. The lowest BCUT2D eigenvalue weighted by Gasteiger charge is -2.09. The summed E-state index contributed by atoms with van der Waals surface area (Å²) in [5.74, 6) is -0.121. The third-order valence-corrected chi connectivity index (χ3v) is 5.62. The predicted octanol–water partition coefficient (Wildman–Crippen LogP) is 5.61. The summed E-state index contributed by atoms with van der Waals surface area (Å²) in [5, 5.41) is 15.9. The molecule has 8 nitrogen and oxygen atoms in total. The number of hydrogen-bond donors (Lipinski definition) is 1. The number of rotatable bonds is 10. The minimum absolute atomic E-state index is 0.0901. The number of hydrogen-bond acceptors (Lipinski definition) is 7. The topological polar surface area (TPSA) is 108 Å². The molecule has 1 heterocycles. The van der Waals surface area contributed by atoms with Gasteiger partial charge in [-0.25, -0.2) is 4.79 Å². The Balaban J connectivity index is 1.69. The number of nitro benzene ring substituents is 1. The van der Waals surface area contributed by atoms with Gasteiger partial charge in [-0.2, -0.15) is 0 Å². The van der Waals surface area contributed by atoms with Gasteiger partial charge in [0.25, 0.3) is 5.69 Å². The zero-order chi connectivity index (χ0) is 23.8. The summed E-state index contributed by atoms with van der Waals surface area (Å²) in [7, 11) is 0. The lowest BCUT2D eigenvalue weighted by Crippen LogP contribution is -2.15. The number of nitrogens with one attached hydrogen (secondary N) is 1. The number of aryl methyl sites for hydroxylation is 1. The molecule has 172 valence electrons. The van der Waals surface area contributed by atoms with Crippen LogP contribution in [0.1, 0.15) is 35.7 Å².